The van der Waals surface area contributed by atoms with E-state index >= 15 is 0 Å². The normalized spacial score (nSPS) is 28.4. The monoisotopic (exact) mass is 241 g/mol. The fraction of sp³-hybridized carbons (Fsp3) is 0. The molecule has 4 nitrogen and oxygen atoms in total. The fourth-order valence-corrected chi connectivity index (χ4v) is 0.925. The molecule has 1 heterocycles. The van der Waals surface area contributed by atoms with Gasteiger partial charge in [-0.25, -0.2) is 0 Å². The van der Waals surface area contributed by atoms with E-state index in [9.17, 15) is 0 Å². The molecule has 0 spiro atoms. The molecule has 1 N–H and O–H groups in total. The van der Waals surface area contributed by atoms with Gasteiger partial charge in [-0.1, -0.05) is 60.8 Å². The topological polar surface area (TPSA) is 46.0 Å². The second-order valence-electron chi connectivity index (χ2n) is 3.02. The van der Waals surface area contributed by atoms with Crippen LogP contribution in [-0.2, 0) is 4.84 Å². The van der Waals surface area contributed by atoms with Crippen LogP contribution < -0.4 is 5.59 Å². The molecule has 0 radical (unpaired) electrons. The SMILES string of the molecule is C1=C\C=C/C=C\ONN=N\C=C/C=C/C=C\C=C/1. The van der Waals surface area contributed by atoms with Gasteiger partial charge in [-0.2, -0.15) is 0 Å². The van der Waals surface area contributed by atoms with Crippen molar-refractivity contribution in [3.8, 4) is 0 Å². The summed E-state index contributed by atoms with van der Waals surface area (Å²) < 4.78 is 0. The number of allylic oxidation sites excluding steroid dienone is 12. The van der Waals surface area contributed by atoms with Gasteiger partial charge >= 0.3 is 0 Å². The molecule has 0 aromatic rings. The van der Waals surface area contributed by atoms with E-state index in [0.29, 0.717) is 0 Å². The van der Waals surface area contributed by atoms with Gasteiger partial charge in [0.2, 0.25) is 0 Å². The molecule has 0 bridgehead atoms. The van der Waals surface area contributed by atoms with Crippen molar-refractivity contribution in [3.63, 3.8) is 0 Å². The van der Waals surface area contributed by atoms with Crippen LogP contribution in [0.1, 0.15) is 0 Å². The van der Waals surface area contributed by atoms with Gasteiger partial charge < -0.3 is 4.84 Å². The zero-order valence-corrected chi connectivity index (χ0v) is 9.89. The lowest BCUT2D eigenvalue weighted by Crippen LogP contribution is -1.98. The first-order chi connectivity index (χ1) is 9.00. The lowest BCUT2D eigenvalue weighted by Gasteiger charge is -1.91. The summed E-state index contributed by atoms with van der Waals surface area (Å²) in [6, 6.07) is 0. The average Bonchev–Trinajstić information content (AvgIpc) is 2.39. The maximum Gasteiger partial charge on any atom is 0.121 e. The minimum absolute atomic E-state index is 1.47. The minimum Gasteiger partial charge on any atom is -0.372 e. The Labute approximate surface area is 107 Å². The Kier molecular flexibility index (Phi) is 8.13. The summed E-state index contributed by atoms with van der Waals surface area (Å²) in [5.41, 5.74) is 2.31. The molecule has 1 aliphatic rings. The number of hydrogen-bond donors (Lipinski definition) is 1. The maximum atomic E-state index is 4.84. The largest absolute Gasteiger partial charge is 0.372 e. The molecule has 0 fully saturated rings. The third kappa shape index (κ3) is 8.67. The summed E-state index contributed by atoms with van der Waals surface area (Å²) in [4.78, 5) is 4.84. The van der Waals surface area contributed by atoms with E-state index in [-0.39, 0.29) is 0 Å². The number of nitrogens with zero attached hydrogens (tertiary/aromatic N) is 2. The first-order valence-electron chi connectivity index (χ1n) is 5.45. The average molecular weight is 241 g/mol. The Morgan fingerprint density at radius 1 is 0.611 bits per heavy atom. The van der Waals surface area contributed by atoms with Gasteiger partial charge in [0.1, 0.15) is 6.26 Å². The molecule has 4 heteroatoms. The number of rotatable bonds is 0. The van der Waals surface area contributed by atoms with E-state index < -0.39 is 0 Å². The van der Waals surface area contributed by atoms with Crippen LogP contribution in [0.25, 0.3) is 0 Å². The second-order valence-corrected chi connectivity index (χ2v) is 3.02. The molecular formula is C14H15N3O. The van der Waals surface area contributed by atoms with Gasteiger partial charge in [-0.15, -0.1) is 10.7 Å². The van der Waals surface area contributed by atoms with E-state index in [1.165, 1.54) is 6.26 Å². The van der Waals surface area contributed by atoms with Crippen molar-refractivity contribution in [2.24, 2.45) is 10.3 Å². The van der Waals surface area contributed by atoms with Gasteiger partial charge in [0, 0.05) is 0 Å². The zero-order chi connectivity index (χ0) is 12.7. The van der Waals surface area contributed by atoms with Crippen molar-refractivity contribution >= 4 is 0 Å². The number of nitrogens with one attached hydrogen (secondary N) is 1. The van der Waals surface area contributed by atoms with Crippen molar-refractivity contribution < 1.29 is 4.84 Å². The summed E-state index contributed by atoms with van der Waals surface area (Å²) in [7, 11) is 0. The Bertz CT molecular complexity index is 396. The molecule has 0 amide bonds. The molecule has 1 aliphatic heterocycles. The molecular weight excluding hydrogens is 226 g/mol. The van der Waals surface area contributed by atoms with Crippen LogP contribution in [0.15, 0.2) is 95.7 Å². The van der Waals surface area contributed by atoms with Gasteiger partial charge in [0.15, 0.2) is 0 Å². The highest BCUT2D eigenvalue weighted by Gasteiger charge is 1.70. The highest BCUT2D eigenvalue weighted by atomic mass is 16.7. The van der Waals surface area contributed by atoms with Gasteiger partial charge in [-0.05, 0) is 17.4 Å². The van der Waals surface area contributed by atoms with Crippen LogP contribution in [0.4, 0.5) is 0 Å². The van der Waals surface area contributed by atoms with Crippen molar-refractivity contribution in [2.75, 3.05) is 0 Å². The first kappa shape index (κ1) is 13.4. The van der Waals surface area contributed by atoms with Gasteiger partial charge in [-0.3, -0.25) is 0 Å². The quantitative estimate of drug-likeness (QED) is 0.703. The van der Waals surface area contributed by atoms with Crippen LogP contribution in [0.3, 0.4) is 0 Å². The fourth-order valence-electron chi connectivity index (χ4n) is 0.925. The molecule has 0 unspecified atom stereocenters. The van der Waals surface area contributed by atoms with Gasteiger partial charge in [0.25, 0.3) is 0 Å². The summed E-state index contributed by atoms with van der Waals surface area (Å²) in [5.74, 6) is 0. The molecule has 92 valence electrons. The van der Waals surface area contributed by atoms with Gasteiger partial charge in [0.05, 0.1) is 6.20 Å². The first-order valence-corrected chi connectivity index (χ1v) is 5.45. The van der Waals surface area contributed by atoms with Crippen LogP contribution >= 0.6 is 0 Å². The predicted molar refractivity (Wildman–Crippen MR) is 73.1 cm³/mol. The molecule has 0 atom stereocenters. The van der Waals surface area contributed by atoms with E-state index in [1.54, 1.807) is 18.4 Å². The van der Waals surface area contributed by atoms with Crippen molar-refractivity contribution in [2.45, 2.75) is 0 Å². The van der Waals surface area contributed by atoms with Crippen LogP contribution in [0, 0.1) is 0 Å². The number of hydrogen-bond acceptors (Lipinski definition) is 4. The minimum atomic E-state index is 1.47. The third-order valence-electron chi connectivity index (χ3n) is 1.67. The van der Waals surface area contributed by atoms with Crippen LogP contribution in [-0.4, -0.2) is 0 Å². The van der Waals surface area contributed by atoms with E-state index in [1.807, 2.05) is 60.8 Å². The molecule has 1 rings (SSSR count). The summed E-state index contributed by atoms with van der Waals surface area (Å²) in [6.45, 7) is 0. The van der Waals surface area contributed by atoms with Crippen molar-refractivity contribution in [1.29, 1.82) is 0 Å². The second kappa shape index (κ2) is 10.9. The van der Waals surface area contributed by atoms with Crippen LogP contribution in [0.5, 0.6) is 0 Å². The van der Waals surface area contributed by atoms with E-state index in [0.717, 1.165) is 0 Å². The Balaban J connectivity index is 2.58. The molecule has 18 heavy (non-hydrogen) atoms. The molecule has 0 aromatic heterocycles. The highest BCUT2D eigenvalue weighted by Crippen LogP contribution is 1.86. The van der Waals surface area contributed by atoms with Crippen LogP contribution in [0.2, 0.25) is 0 Å². The summed E-state index contributed by atoms with van der Waals surface area (Å²) in [5, 5.41) is 7.24. The Morgan fingerprint density at radius 2 is 1.11 bits per heavy atom. The lowest BCUT2D eigenvalue weighted by atomic mass is 10.3. The van der Waals surface area contributed by atoms with E-state index in [4.69, 9.17) is 4.84 Å². The predicted octanol–water partition coefficient (Wildman–Crippen LogP) is 3.70. The third-order valence-corrected chi connectivity index (χ3v) is 1.67. The summed E-state index contributed by atoms with van der Waals surface area (Å²) >= 11 is 0. The molecule has 0 saturated heterocycles. The van der Waals surface area contributed by atoms with Crippen molar-refractivity contribution in [1.82, 2.24) is 5.59 Å². The van der Waals surface area contributed by atoms with Crippen molar-refractivity contribution in [3.05, 3.63) is 85.4 Å². The summed E-state index contributed by atoms with van der Waals surface area (Å²) in [6.07, 6.45) is 25.6. The molecule has 0 aliphatic carbocycles. The highest BCUT2D eigenvalue weighted by molar-refractivity contribution is 5.20. The zero-order valence-electron chi connectivity index (χ0n) is 9.89. The smallest absolute Gasteiger partial charge is 0.121 e. The Morgan fingerprint density at radius 3 is 1.72 bits per heavy atom. The Hall–Kier alpha value is -2.62. The lowest BCUT2D eigenvalue weighted by molar-refractivity contribution is 0.131. The maximum absolute atomic E-state index is 4.84. The van der Waals surface area contributed by atoms with E-state index in [2.05, 4.69) is 15.9 Å². The standard InChI is InChI=1S/C14H15N3O/c1-2-4-6-8-10-12-14-18-17-16-15-13-11-9-7-5-3-1/h1-14H,(H,15,17)/b2-1-,5-3-,6-4-,9-7+,10-8-,13-11-,14-12-. The molecule has 0 aromatic carbocycles. The molecule has 0 saturated carbocycles.